The molecule has 134 valence electrons. The average Bonchev–Trinajstić information content (AvgIpc) is 2.90. The molecule has 0 radical (unpaired) electrons. The summed E-state index contributed by atoms with van der Waals surface area (Å²) in [6.07, 6.45) is 0.714. The van der Waals surface area contributed by atoms with Crippen LogP contribution in [0.5, 0.6) is 0 Å². The van der Waals surface area contributed by atoms with E-state index < -0.39 is 11.8 Å². The maximum Gasteiger partial charge on any atom is 0.314 e. The van der Waals surface area contributed by atoms with Crippen LogP contribution in [0, 0.1) is 6.92 Å². The minimum Gasteiger partial charge on any atom is -0.344 e. The van der Waals surface area contributed by atoms with Gasteiger partial charge in [0.2, 0.25) is 0 Å². The molecular weight excluding hydrogens is 316 g/mol. The molecule has 2 N–H and O–H groups in total. The van der Waals surface area contributed by atoms with Crippen LogP contribution in [-0.4, -0.2) is 27.6 Å². The third-order valence-corrected chi connectivity index (χ3v) is 4.55. The Morgan fingerprint density at radius 1 is 1.20 bits per heavy atom. The SMILES string of the molecule is CC[C@H](NC(=O)C(=O)Nc1cc(C)nn1C)C(C)(C)c1ccccc1. The number of rotatable bonds is 5. The van der Waals surface area contributed by atoms with Crippen molar-refractivity contribution in [3.8, 4) is 0 Å². The summed E-state index contributed by atoms with van der Waals surface area (Å²) in [4.78, 5) is 24.6. The zero-order valence-electron chi connectivity index (χ0n) is 15.5. The van der Waals surface area contributed by atoms with Gasteiger partial charge in [0.25, 0.3) is 0 Å². The van der Waals surface area contributed by atoms with Gasteiger partial charge in [-0.2, -0.15) is 5.10 Å². The Labute approximate surface area is 148 Å². The second-order valence-corrected chi connectivity index (χ2v) is 6.77. The predicted molar refractivity (Wildman–Crippen MR) is 98.3 cm³/mol. The summed E-state index contributed by atoms with van der Waals surface area (Å²) >= 11 is 0. The van der Waals surface area contributed by atoms with E-state index in [2.05, 4.69) is 29.6 Å². The number of amides is 2. The molecule has 0 aliphatic rings. The summed E-state index contributed by atoms with van der Waals surface area (Å²) in [5.74, 6) is -0.840. The van der Waals surface area contributed by atoms with Crippen LogP contribution in [0.25, 0.3) is 0 Å². The van der Waals surface area contributed by atoms with E-state index >= 15 is 0 Å². The number of aromatic nitrogens is 2. The van der Waals surface area contributed by atoms with Gasteiger partial charge >= 0.3 is 11.8 Å². The van der Waals surface area contributed by atoms with Gasteiger partial charge in [-0.1, -0.05) is 51.1 Å². The molecule has 0 spiro atoms. The molecular formula is C19H26N4O2. The van der Waals surface area contributed by atoms with Crippen molar-refractivity contribution in [3.63, 3.8) is 0 Å². The van der Waals surface area contributed by atoms with E-state index in [0.29, 0.717) is 12.2 Å². The van der Waals surface area contributed by atoms with Crippen LogP contribution < -0.4 is 10.6 Å². The second kappa shape index (κ2) is 7.51. The molecule has 0 bridgehead atoms. The van der Waals surface area contributed by atoms with Gasteiger partial charge in [-0.25, -0.2) is 0 Å². The lowest BCUT2D eigenvalue weighted by Gasteiger charge is -2.34. The van der Waals surface area contributed by atoms with Gasteiger partial charge in [-0.15, -0.1) is 0 Å². The Hall–Kier alpha value is -2.63. The fraction of sp³-hybridized carbons (Fsp3) is 0.421. The number of carbonyl (C=O) groups excluding carboxylic acids is 2. The molecule has 0 unspecified atom stereocenters. The number of aryl methyl sites for hydroxylation is 2. The minimum absolute atomic E-state index is 0.165. The van der Waals surface area contributed by atoms with Gasteiger partial charge < -0.3 is 10.6 Å². The summed E-state index contributed by atoms with van der Waals surface area (Å²) in [5.41, 5.74) is 1.59. The minimum atomic E-state index is -0.690. The van der Waals surface area contributed by atoms with Gasteiger partial charge in [-0.3, -0.25) is 14.3 Å². The molecule has 1 aromatic carbocycles. The third-order valence-electron chi connectivity index (χ3n) is 4.55. The number of hydrogen-bond acceptors (Lipinski definition) is 3. The van der Waals surface area contributed by atoms with Crippen LogP contribution in [-0.2, 0) is 22.1 Å². The van der Waals surface area contributed by atoms with E-state index in [1.165, 1.54) is 4.68 Å². The second-order valence-electron chi connectivity index (χ2n) is 6.77. The fourth-order valence-electron chi connectivity index (χ4n) is 2.99. The molecule has 1 atom stereocenters. The van der Waals surface area contributed by atoms with E-state index in [9.17, 15) is 9.59 Å². The van der Waals surface area contributed by atoms with Crippen molar-refractivity contribution in [2.45, 2.75) is 45.6 Å². The number of nitrogens with one attached hydrogen (secondary N) is 2. The average molecular weight is 342 g/mol. The molecule has 2 aromatic rings. The quantitative estimate of drug-likeness (QED) is 0.820. The highest BCUT2D eigenvalue weighted by molar-refractivity contribution is 6.39. The van der Waals surface area contributed by atoms with Crippen LogP contribution >= 0.6 is 0 Å². The normalized spacial score (nSPS) is 12.5. The maximum atomic E-state index is 12.4. The van der Waals surface area contributed by atoms with Crippen LogP contribution in [0.3, 0.4) is 0 Å². The van der Waals surface area contributed by atoms with Crippen LogP contribution in [0.2, 0.25) is 0 Å². The van der Waals surface area contributed by atoms with Crippen molar-refractivity contribution >= 4 is 17.6 Å². The highest BCUT2D eigenvalue weighted by Crippen LogP contribution is 2.28. The van der Waals surface area contributed by atoms with Crippen molar-refractivity contribution in [2.75, 3.05) is 5.32 Å². The lowest BCUT2D eigenvalue weighted by Crippen LogP contribution is -2.50. The molecule has 25 heavy (non-hydrogen) atoms. The molecule has 0 aliphatic carbocycles. The summed E-state index contributed by atoms with van der Waals surface area (Å²) in [6.45, 7) is 7.96. The number of nitrogens with zero attached hydrogens (tertiary/aromatic N) is 2. The molecule has 1 aromatic heterocycles. The van der Waals surface area contributed by atoms with Crippen LogP contribution in [0.4, 0.5) is 5.82 Å². The van der Waals surface area contributed by atoms with E-state index in [-0.39, 0.29) is 11.5 Å². The Kier molecular flexibility index (Phi) is 5.62. The number of carbonyl (C=O) groups is 2. The van der Waals surface area contributed by atoms with Crippen molar-refractivity contribution in [1.82, 2.24) is 15.1 Å². The maximum absolute atomic E-state index is 12.4. The first-order valence-corrected chi connectivity index (χ1v) is 8.43. The lowest BCUT2D eigenvalue weighted by atomic mass is 9.76. The Bertz CT molecular complexity index is 750. The molecule has 0 fully saturated rings. The topological polar surface area (TPSA) is 76.0 Å². The largest absolute Gasteiger partial charge is 0.344 e. The summed E-state index contributed by atoms with van der Waals surface area (Å²) in [7, 11) is 1.72. The smallest absolute Gasteiger partial charge is 0.314 e. The lowest BCUT2D eigenvalue weighted by molar-refractivity contribution is -0.136. The standard InChI is InChI=1S/C19H26N4O2/c1-6-15(19(3,4)14-10-8-7-9-11-14)20-17(24)18(25)21-16-12-13(2)22-23(16)5/h7-12,15H,6H2,1-5H3,(H,20,24)(H,21,25)/t15-/m0/s1. The van der Waals surface area contributed by atoms with E-state index in [0.717, 1.165) is 11.3 Å². The Morgan fingerprint density at radius 3 is 2.36 bits per heavy atom. The first-order chi connectivity index (χ1) is 11.8. The molecule has 6 heteroatoms. The van der Waals surface area contributed by atoms with Crippen molar-refractivity contribution in [3.05, 3.63) is 47.7 Å². The summed E-state index contributed by atoms with van der Waals surface area (Å²) < 4.78 is 1.53. The molecule has 1 heterocycles. The zero-order valence-corrected chi connectivity index (χ0v) is 15.5. The monoisotopic (exact) mass is 342 g/mol. The number of anilines is 1. The Balaban J connectivity index is 2.08. The van der Waals surface area contributed by atoms with Gasteiger partial charge in [0.15, 0.2) is 0 Å². The van der Waals surface area contributed by atoms with Gasteiger partial charge in [-0.05, 0) is 18.9 Å². The van der Waals surface area contributed by atoms with Crippen LogP contribution in [0.1, 0.15) is 38.4 Å². The molecule has 2 rings (SSSR count). The van der Waals surface area contributed by atoms with Gasteiger partial charge in [0.1, 0.15) is 5.82 Å². The van der Waals surface area contributed by atoms with Crippen molar-refractivity contribution in [2.24, 2.45) is 7.05 Å². The molecule has 0 saturated carbocycles. The fourth-order valence-corrected chi connectivity index (χ4v) is 2.99. The van der Waals surface area contributed by atoms with Crippen LogP contribution in [0.15, 0.2) is 36.4 Å². The van der Waals surface area contributed by atoms with E-state index in [4.69, 9.17) is 0 Å². The highest BCUT2D eigenvalue weighted by atomic mass is 16.2. The molecule has 2 amide bonds. The molecule has 6 nitrogen and oxygen atoms in total. The zero-order chi connectivity index (χ0) is 18.6. The van der Waals surface area contributed by atoms with Gasteiger partial charge in [0, 0.05) is 24.6 Å². The third kappa shape index (κ3) is 4.26. The summed E-state index contributed by atoms with van der Waals surface area (Å²) in [5, 5.41) is 9.62. The van der Waals surface area contributed by atoms with Crippen molar-refractivity contribution in [1.29, 1.82) is 0 Å². The summed E-state index contributed by atoms with van der Waals surface area (Å²) in [6, 6.07) is 11.5. The first-order valence-electron chi connectivity index (χ1n) is 8.43. The Morgan fingerprint density at radius 2 is 1.84 bits per heavy atom. The molecule has 0 aliphatic heterocycles. The first kappa shape index (κ1) is 18.7. The molecule has 0 saturated heterocycles. The van der Waals surface area contributed by atoms with Crippen molar-refractivity contribution < 1.29 is 9.59 Å². The number of hydrogen-bond donors (Lipinski definition) is 2. The number of benzene rings is 1. The highest BCUT2D eigenvalue weighted by Gasteiger charge is 2.32. The van der Waals surface area contributed by atoms with E-state index in [1.807, 2.05) is 44.2 Å². The van der Waals surface area contributed by atoms with Gasteiger partial charge in [0.05, 0.1) is 5.69 Å². The van der Waals surface area contributed by atoms with E-state index in [1.54, 1.807) is 13.1 Å². The predicted octanol–water partition coefficient (Wildman–Crippen LogP) is 2.54.